The van der Waals surface area contributed by atoms with Gasteiger partial charge in [0.15, 0.2) is 0 Å². The summed E-state index contributed by atoms with van der Waals surface area (Å²) in [6, 6.07) is 0. The third kappa shape index (κ3) is 2.92. The minimum Gasteiger partial charge on any atom is -0.396 e. The van der Waals surface area contributed by atoms with Crippen LogP contribution in [0.15, 0.2) is 11.6 Å². The lowest BCUT2D eigenvalue weighted by molar-refractivity contribution is -0.216. The number of hydrogen-bond acceptors (Lipinski definition) is 2. The van der Waals surface area contributed by atoms with Crippen molar-refractivity contribution < 1.29 is 10.2 Å². The van der Waals surface area contributed by atoms with Crippen LogP contribution in [-0.4, -0.2) is 22.9 Å². The topological polar surface area (TPSA) is 40.5 Å². The van der Waals surface area contributed by atoms with Crippen LogP contribution in [0.4, 0.5) is 0 Å². The summed E-state index contributed by atoms with van der Waals surface area (Å²) in [6.07, 6.45) is 13.4. The molecule has 4 fully saturated rings. The lowest BCUT2D eigenvalue weighted by Gasteiger charge is -2.72. The highest BCUT2D eigenvalue weighted by atomic mass is 16.3. The van der Waals surface area contributed by atoms with Crippen molar-refractivity contribution in [3.63, 3.8) is 0 Å². The fraction of sp³-hybridized carbons (Fsp3) is 0.935. The lowest BCUT2D eigenvalue weighted by atomic mass is 9.33. The van der Waals surface area contributed by atoms with E-state index in [1.54, 1.807) is 0 Å². The van der Waals surface area contributed by atoms with Crippen LogP contribution in [0.3, 0.4) is 0 Å². The van der Waals surface area contributed by atoms with Gasteiger partial charge in [-0.3, -0.25) is 0 Å². The summed E-state index contributed by atoms with van der Waals surface area (Å²) < 4.78 is 0. The molecule has 0 aromatic heterocycles. The van der Waals surface area contributed by atoms with Crippen LogP contribution in [-0.2, 0) is 0 Å². The number of aliphatic hydroxyl groups is 2. The van der Waals surface area contributed by atoms with Crippen molar-refractivity contribution in [2.24, 2.45) is 56.2 Å². The highest BCUT2D eigenvalue weighted by Gasteiger charge is 2.68. The third-order valence-electron chi connectivity index (χ3n) is 13.7. The van der Waals surface area contributed by atoms with Crippen molar-refractivity contribution in [3.8, 4) is 0 Å². The molecule has 2 nitrogen and oxygen atoms in total. The van der Waals surface area contributed by atoms with Gasteiger partial charge in [0.05, 0.1) is 12.7 Å². The predicted octanol–water partition coefficient (Wildman–Crippen LogP) is 7.39. The number of aliphatic hydroxyl groups excluding tert-OH is 2. The molecule has 5 aliphatic carbocycles. The average molecular weight is 457 g/mol. The van der Waals surface area contributed by atoms with E-state index in [-0.39, 0.29) is 29.0 Å². The van der Waals surface area contributed by atoms with Crippen LogP contribution in [0.1, 0.15) is 113 Å². The fourth-order valence-electron chi connectivity index (χ4n) is 11.2. The Bertz CT molecular complexity index is 844. The summed E-state index contributed by atoms with van der Waals surface area (Å²) in [5, 5.41) is 21.4. The maximum atomic E-state index is 10.9. The van der Waals surface area contributed by atoms with E-state index in [0.717, 1.165) is 31.1 Å². The Hall–Kier alpha value is -0.340. The van der Waals surface area contributed by atoms with E-state index >= 15 is 0 Å². The first-order chi connectivity index (χ1) is 15.2. The largest absolute Gasteiger partial charge is 0.396 e. The SMILES string of the molecule is CC1CC(C)(C)CC2C3=CCC4C5(C)CCC(O)C(C)(CO)C5CCC4(C)C3(C)CCC12C. The number of fused-ring (bicyclic) bond motifs is 7. The van der Waals surface area contributed by atoms with Gasteiger partial charge in [-0.2, -0.15) is 0 Å². The van der Waals surface area contributed by atoms with Gasteiger partial charge in [0, 0.05) is 5.41 Å². The molecule has 0 bridgehead atoms. The molecule has 0 radical (unpaired) electrons. The first-order valence-electron chi connectivity index (χ1n) is 14.2. The molecule has 10 unspecified atom stereocenters. The van der Waals surface area contributed by atoms with Gasteiger partial charge in [-0.1, -0.05) is 67.0 Å². The van der Waals surface area contributed by atoms with E-state index in [1.807, 2.05) is 5.57 Å². The number of allylic oxidation sites excluding steroid dienone is 2. The van der Waals surface area contributed by atoms with Crippen LogP contribution < -0.4 is 0 Å². The molecular formula is C31H52O2. The molecule has 2 N–H and O–H groups in total. The Labute approximate surface area is 204 Å². The molecule has 188 valence electrons. The van der Waals surface area contributed by atoms with Gasteiger partial charge in [-0.05, 0) is 109 Å². The lowest BCUT2D eigenvalue weighted by Crippen LogP contribution is -2.65. The van der Waals surface area contributed by atoms with E-state index in [0.29, 0.717) is 28.1 Å². The van der Waals surface area contributed by atoms with Crippen LogP contribution in [0.2, 0.25) is 0 Å². The van der Waals surface area contributed by atoms with Crippen molar-refractivity contribution in [3.05, 3.63) is 11.6 Å². The van der Waals surface area contributed by atoms with E-state index in [9.17, 15) is 10.2 Å². The summed E-state index contributed by atoms with van der Waals surface area (Å²) in [4.78, 5) is 0. The quantitative estimate of drug-likeness (QED) is 0.404. The van der Waals surface area contributed by atoms with Gasteiger partial charge < -0.3 is 10.2 Å². The van der Waals surface area contributed by atoms with Crippen LogP contribution in [0.25, 0.3) is 0 Å². The smallest absolute Gasteiger partial charge is 0.0618 e. The molecule has 0 aromatic carbocycles. The standard InChI is InChI=1S/C31H52O2/c1-20-17-26(2,3)18-22-21-9-10-24-28(5)13-12-25(33)29(6,19-32)23(28)11-14-31(24,8)30(21,7)16-15-27(20,22)4/h9,20,22-25,32-33H,10-19H2,1-8H3. The van der Waals surface area contributed by atoms with Crippen molar-refractivity contribution >= 4 is 0 Å². The van der Waals surface area contributed by atoms with Crippen LogP contribution in [0, 0.1) is 56.2 Å². The highest BCUT2D eigenvalue weighted by Crippen LogP contribution is 2.76. The monoisotopic (exact) mass is 456 g/mol. The Morgan fingerprint density at radius 3 is 2.21 bits per heavy atom. The van der Waals surface area contributed by atoms with Crippen LogP contribution in [0.5, 0.6) is 0 Å². The Balaban J connectivity index is 1.58. The molecule has 0 saturated heterocycles. The molecule has 5 aliphatic rings. The molecule has 2 heteroatoms. The zero-order valence-electron chi connectivity index (χ0n) is 22.9. The van der Waals surface area contributed by atoms with Gasteiger partial charge >= 0.3 is 0 Å². The zero-order valence-corrected chi connectivity index (χ0v) is 22.9. The van der Waals surface area contributed by atoms with E-state index in [2.05, 4.69) is 61.5 Å². The number of hydrogen-bond donors (Lipinski definition) is 2. The predicted molar refractivity (Wildman–Crippen MR) is 137 cm³/mol. The van der Waals surface area contributed by atoms with Gasteiger partial charge in [0.1, 0.15) is 0 Å². The number of rotatable bonds is 1. The first-order valence-corrected chi connectivity index (χ1v) is 14.2. The van der Waals surface area contributed by atoms with Crippen molar-refractivity contribution in [1.82, 2.24) is 0 Å². The zero-order chi connectivity index (χ0) is 24.2. The third-order valence-corrected chi connectivity index (χ3v) is 13.7. The second-order valence-corrected chi connectivity index (χ2v) is 15.5. The van der Waals surface area contributed by atoms with E-state index in [1.165, 1.54) is 38.5 Å². The summed E-state index contributed by atoms with van der Waals surface area (Å²) in [6.45, 7) is 20.3. The van der Waals surface area contributed by atoms with Crippen molar-refractivity contribution in [1.29, 1.82) is 0 Å². The summed E-state index contributed by atoms with van der Waals surface area (Å²) in [5.74, 6) is 2.59. The van der Waals surface area contributed by atoms with Gasteiger partial charge in [0.25, 0.3) is 0 Å². The van der Waals surface area contributed by atoms with Gasteiger partial charge in [0.2, 0.25) is 0 Å². The second-order valence-electron chi connectivity index (χ2n) is 15.5. The first kappa shape index (κ1) is 24.4. The van der Waals surface area contributed by atoms with Gasteiger partial charge in [-0.25, -0.2) is 0 Å². The Morgan fingerprint density at radius 1 is 0.848 bits per heavy atom. The molecule has 5 rings (SSSR count). The van der Waals surface area contributed by atoms with Crippen molar-refractivity contribution in [2.75, 3.05) is 6.61 Å². The normalized spacial score (nSPS) is 57.8. The van der Waals surface area contributed by atoms with E-state index < -0.39 is 0 Å². The average Bonchev–Trinajstić information content (AvgIpc) is 2.73. The molecule has 0 heterocycles. The maximum absolute atomic E-state index is 10.9. The van der Waals surface area contributed by atoms with Gasteiger partial charge in [-0.15, -0.1) is 0 Å². The molecule has 0 spiro atoms. The van der Waals surface area contributed by atoms with E-state index in [4.69, 9.17) is 0 Å². The Kier molecular flexibility index (Phi) is 5.25. The summed E-state index contributed by atoms with van der Waals surface area (Å²) in [5.41, 5.74) is 3.17. The van der Waals surface area contributed by atoms with Crippen LogP contribution >= 0.6 is 0 Å². The molecule has 10 atom stereocenters. The minimum atomic E-state index is -0.364. The minimum absolute atomic E-state index is 0.115. The molecule has 0 amide bonds. The second kappa shape index (κ2) is 7.12. The Morgan fingerprint density at radius 2 is 1.55 bits per heavy atom. The maximum Gasteiger partial charge on any atom is 0.0618 e. The summed E-state index contributed by atoms with van der Waals surface area (Å²) >= 11 is 0. The highest BCUT2D eigenvalue weighted by molar-refractivity contribution is 5.33. The molecule has 0 aromatic rings. The molecule has 4 saturated carbocycles. The summed E-state index contributed by atoms with van der Waals surface area (Å²) in [7, 11) is 0. The molecular weight excluding hydrogens is 404 g/mol. The van der Waals surface area contributed by atoms with Crippen molar-refractivity contribution in [2.45, 2.75) is 119 Å². The fourth-order valence-corrected chi connectivity index (χ4v) is 11.2. The molecule has 0 aliphatic heterocycles. The molecule has 33 heavy (non-hydrogen) atoms.